The van der Waals surface area contributed by atoms with Crippen LogP contribution in [-0.2, 0) is 14.3 Å². The third-order valence-corrected chi connectivity index (χ3v) is 4.63. The Morgan fingerprint density at radius 1 is 1.22 bits per heavy atom. The highest BCUT2D eigenvalue weighted by Gasteiger charge is 2.29. The number of hydrogen-bond donors (Lipinski definition) is 0. The summed E-state index contributed by atoms with van der Waals surface area (Å²) in [7, 11) is 0. The number of rotatable bonds is 4. The number of ether oxygens (including phenoxy) is 1. The van der Waals surface area contributed by atoms with Crippen LogP contribution < -0.4 is 0 Å². The number of likely N-dealkylation sites (tertiary alicyclic amines) is 1. The summed E-state index contributed by atoms with van der Waals surface area (Å²) in [6, 6.07) is 7.99. The molecule has 0 unspecified atom stereocenters. The molecular formula is C18H22BrNO3. The van der Waals surface area contributed by atoms with E-state index < -0.39 is 5.97 Å². The Labute approximate surface area is 145 Å². The van der Waals surface area contributed by atoms with Crippen LogP contribution in [0.3, 0.4) is 0 Å². The van der Waals surface area contributed by atoms with Crippen LogP contribution >= 0.6 is 15.9 Å². The lowest BCUT2D eigenvalue weighted by atomic mass is 9.97. The van der Waals surface area contributed by atoms with Crippen molar-refractivity contribution in [1.82, 2.24) is 4.90 Å². The molecule has 1 saturated heterocycles. The summed E-state index contributed by atoms with van der Waals surface area (Å²) in [6.45, 7) is 3.89. The van der Waals surface area contributed by atoms with Gasteiger partial charge in [0.2, 0.25) is 0 Å². The standard InChI is InChI=1S/C18H22BrNO3/c1-13-4-3-5-14(2)20(13)17(21)12-23-18(22)11-8-15-6-9-16(19)10-7-15/h6-11,13-14H,3-5,12H2,1-2H3/b11-8+/t13-,14+. The summed E-state index contributed by atoms with van der Waals surface area (Å²) < 4.78 is 6.05. The normalized spacial score (nSPS) is 21.4. The van der Waals surface area contributed by atoms with E-state index in [2.05, 4.69) is 15.9 Å². The summed E-state index contributed by atoms with van der Waals surface area (Å²) in [4.78, 5) is 25.8. The predicted octanol–water partition coefficient (Wildman–Crippen LogP) is 3.80. The summed E-state index contributed by atoms with van der Waals surface area (Å²) in [5.41, 5.74) is 0.898. The first-order valence-corrected chi connectivity index (χ1v) is 8.68. The molecule has 1 aromatic rings. The minimum atomic E-state index is -0.501. The van der Waals surface area contributed by atoms with E-state index in [1.54, 1.807) is 6.08 Å². The number of carbonyl (C=O) groups excluding carboxylic acids is 2. The van der Waals surface area contributed by atoms with Gasteiger partial charge in [0.25, 0.3) is 5.91 Å². The SMILES string of the molecule is C[C@@H]1CCC[C@H](C)N1C(=O)COC(=O)/C=C/c1ccc(Br)cc1. The van der Waals surface area contributed by atoms with Gasteiger partial charge in [-0.3, -0.25) is 4.79 Å². The van der Waals surface area contributed by atoms with Crippen molar-refractivity contribution in [3.8, 4) is 0 Å². The molecule has 1 fully saturated rings. The second-order valence-electron chi connectivity index (χ2n) is 5.92. The molecule has 1 aromatic carbocycles. The Balaban J connectivity index is 1.83. The molecule has 1 aliphatic rings. The Bertz CT molecular complexity index is 572. The number of nitrogens with zero attached hydrogens (tertiary/aromatic N) is 1. The molecule has 0 radical (unpaired) electrons. The lowest BCUT2D eigenvalue weighted by molar-refractivity contribution is -0.151. The van der Waals surface area contributed by atoms with Crippen molar-refractivity contribution in [2.75, 3.05) is 6.61 Å². The molecule has 0 saturated carbocycles. The van der Waals surface area contributed by atoms with E-state index >= 15 is 0 Å². The number of amides is 1. The Morgan fingerprint density at radius 3 is 2.43 bits per heavy atom. The monoisotopic (exact) mass is 379 g/mol. The number of piperidine rings is 1. The van der Waals surface area contributed by atoms with Crippen LogP contribution in [0.1, 0.15) is 38.7 Å². The highest BCUT2D eigenvalue weighted by Crippen LogP contribution is 2.22. The van der Waals surface area contributed by atoms with Gasteiger partial charge in [0, 0.05) is 22.6 Å². The zero-order valence-electron chi connectivity index (χ0n) is 13.5. The summed E-state index contributed by atoms with van der Waals surface area (Å²) in [6.07, 6.45) is 6.17. The molecule has 1 heterocycles. The van der Waals surface area contributed by atoms with E-state index in [4.69, 9.17) is 4.74 Å². The molecule has 1 aliphatic heterocycles. The van der Waals surface area contributed by atoms with Crippen LogP contribution in [0.4, 0.5) is 0 Å². The van der Waals surface area contributed by atoms with Gasteiger partial charge >= 0.3 is 5.97 Å². The molecule has 0 aromatic heterocycles. The van der Waals surface area contributed by atoms with E-state index in [9.17, 15) is 9.59 Å². The molecule has 0 spiro atoms. The van der Waals surface area contributed by atoms with E-state index in [1.165, 1.54) is 6.08 Å². The highest BCUT2D eigenvalue weighted by molar-refractivity contribution is 9.10. The van der Waals surface area contributed by atoms with Gasteiger partial charge in [0.1, 0.15) is 0 Å². The average molecular weight is 380 g/mol. The lowest BCUT2D eigenvalue weighted by Crippen LogP contribution is -2.49. The minimum absolute atomic E-state index is 0.116. The molecule has 0 bridgehead atoms. The third kappa shape index (κ3) is 5.20. The van der Waals surface area contributed by atoms with E-state index in [1.807, 2.05) is 43.0 Å². The first-order chi connectivity index (χ1) is 11.0. The summed E-state index contributed by atoms with van der Waals surface area (Å²) in [5, 5.41) is 0. The van der Waals surface area contributed by atoms with Crippen molar-refractivity contribution < 1.29 is 14.3 Å². The van der Waals surface area contributed by atoms with Crippen molar-refractivity contribution >= 4 is 33.9 Å². The average Bonchev–Trinajstić information content (AvgIpc) is 2.52. The largest absolute Gasteiger partial charge is 0.452 e. The van der Waals surface area contributed by atoms with Gasteiger partial charge in [0.05, 0.1) is 0 Å². The quantitative estimate of drug-likeness (QED) is 0.590. The Hall–Kier alpha value is -1.62. The molecule has 124 valence electrons. The first kappa shape index (κ1) is 17.7. The van der Waals surface area contributed by atoms with Crippen molar-refractivity contribution in [2.24, 2.45) is 0 Å². The topological polar surface area (TPSA) is 46.6 Å². The number of esters is 1. The number of halogens is 1. The summed E-state index contributed by atoms with van der Waals surface area (Å²) >= 11 is 3.36. The lowest BCUT2D eigenvalue weighted by Gasteiger charge is -2.38. The number of benzene rings is 1. The van der Waals surface area contributed by atoms with Crippen LogP contribution in [0.2, 0.25) is 0 Å². The third-order valence-electron chi connectivity index (χ3n) is 4.10. The zero-order chi connectivity index (χ0) is 16.8. The maximum Gasteiger partial charge on any atom is 0.331 e. The molecule has 2 rings (SSSR count). The van der Waals surface area contributed by atoms with Crippen LogP contribution in [0.15, 0.2) is 34.8 Å². The molecule has 23 heavy (non-hydrogen) atoms. The smallest absolute Gasteiger partial charge is 0.331 e. The van der Waals surface area contributed by atoms with Gasteiger partial charge in [0.15, 0.2) is 6.61 Å². The molecule has 0 N–H and O–H groups in total. The van der Waals surface area contributed by atoms with Crippen molar-refractivity contribution in [3.05, 3.63) is 40.4 Å². The molecule has 5 heteroatoms. The molecule has 2 atom stereocenters. The van der Waals surface area contributed by atoms with Gasteiger partial charge in [-0.1, -0.05) is 28.1 Å². The van der Waals surface area contributed by atoms with Crippen molar-refractivity contribution in [3.63, 3.8) is 0 Å². The van der Waals surface area contributed by atoms with Crippen LogP contribution in [-0.4, -0.2) is 35.5 Å². The highest BCUT2D eigenvalue weighted by atomic mass is 79.9. The first-order valence-electron chi connectivity index (χ1n) is 7.89. The maximum atomic E-state index is 12.3. The molecule has 1 amide bonds. The van der Waals surface area contributed by atoms with E-state index in [-0.39, 0.29) is 24.6 Å². The Morgan fingerprint density at radius 2 is 1.83 bits per heavy atom. The maximum absolute atomic E-state index is 12.3. The molecular weight excluding hydrogens is 358 g/mol. The van der Waals surface area contributed by atoms with Crippen LogP contribution in [0.25, 0.3) is 6.08 Å². The van der Waals surface area contributed by atoms with Crippen LogP contribution in [0.5, 0.6) is 0 Å². The van der Waals surface area contributed by atoms with Gasteiger partial charge in [-0.15, -0.1) is 0 Å². The second-order valence-corrected chi connectivity index (χ2v) is 6.84. The van der Waals surface area contributed by atoms with Gasteiger partial charge in [-0.2, -0.15) is 0 Å². The predicted molar refractivity (Wildman–Crippen MR) is 93.8 cm³/mol. The fourth-order valence-corrected chi connectivity index (χ4v) is 3.17. The van der Waals surface area contributed by atoms with Gasteiger partial charge in [-0.25, -0.2) is 4.79 Å². The Kier molecular flexibility index (Phi) is 6.39. The number of hydrogen-bond acceptors (Lipinski definition) is 3. The van der Waals surface area contributed by atoms with Gasteiger partial charge < -0.3 is 9.64 Å². The summed E-state index contributed by atoms with van der Waals surface area (Å²) in [5.74, 6) is -0.617. The molecule has 0 aliphatic carbocycles. The van der Waals surface area contributed by atoms with Crippen LogP contribution in [0, 0.1) is 0 Å². The van der Waals surface area contributed by atoms with Crippen molar-refractivity contribution in [2.45, 2.75) is 45.2 Å². The zero-order valence-corrected chi connectivity index (χ0v) is 15.1. The van der Waals surface area contributed by atoms with Gasteiger partial charge in [-0.05, 0) is 56.9 Å². The second kappa shape index (κ2) is 8.29. The fraction of sp³-hybridized carbons (Fsp3) is 0.444. The number of carbonyl (C=O) groups is 2. The van der Waals surface area contributed by atoms with Crippen molar-refractivity contribution in [1.29, 1.82) is 0 Å². The molecule has 4 nitrogen and oxygen atoms in total. The fourth-order valence-electron chi connectivity index (χ4n) is 2.91. The van der Waals surface area contributed by atoms with E-state index in [0.29, 0.717) is 0 Å². The van der Waals surface area contributed by atoms with E-state index in [0.717, 1.165) is 29.3 Å². The minimum Gasteiger partial charge on any atom is -0.452 e.